The van der Waals surface area contributed by atoms with Crippen LogP contribution in [-0.2, 0) is 22.6 Å². The van der Waals surface area contributed by atoms with Gasteiger partial charge in [0.1, 0.15) is 5.56 Å². The van der Waals surface area contributed by atoms with Crippen molar-refractivity contribution in [2.24, 2.45) is 0 Å². The molecule has 198 valence electrons. The van der Waals surface area contributed by atoms with E-state index in [9.17, 15) is 31.2 Å². The van der Waals surface area contributed by atoms with Crippen molar-refractivity contribution in [1.29, 1.82) is 5.26 Å². The normalized spacial score (nSPS) is 12.4. The molecule has 0 bridgehead atoms. The number of aryl methyl sites for hydroxylation is 1. The van der Waals surface area contributed by atoms with Gasteiger partial charge >= 0.3 is 6.18 Å². The van der Waals surface area contributed by atoms with Crippen molar-refractivity contribution in [2.45, 2.75) is 42.6 Å². The maximum absolute atomic E-state index is 13.2. The summed E-state index contributed by atoms with van der Waals surface area (Å²) in [6, 6.07) is 14.7. The van der Waals surface area contributed by atoms with E-state index in [1.54, 1.807) is 0 Å². The number of benzene rings is 2. The Morgan fingerprint density at radius 2 is 1.84 bits per heavy atom. The highest BCUT2D eigenvalue weighted by atomic mass is 32.2. The van der Waals surface area contributed by atoms with E-state index >= 15 is 0 Å². The Kier molecular flexibility index (Phi) is 8.58. The molecule has 0 aliphatic rings. The molecule has 0 aliphatic heterocycles. The quantitative estimate of drug-likeness (QED) is 0.393. The smallest absolute Gasteiger partial charge is 0.348 e. The molecule has 0 spiro atoms. The van der Waals surface area contributed by atoms with Gasteiger partial charge in [0, 0.05) is 24.3 Å². The Balaban J connectivity index is 1.79. The molecule has 1 aromatic heterocycles. The number of hydrogen-bond acceptors (Lipinski definition) is 5. The topological polar surface area (TPSA) is 109 Å². The molecule has 11 heteroatoms. The van der Waals surface area contributed by atoms with Crippen molar-refractivity contribution < 1.29 is 26.4 Å². The van der Waals surface area contributed by atoms with Crippen molar-refractivity contribution in [3.8, 4) is 11.8 Å². The Morgan fingerprint density at radius 1 is 1.16 bits per heavy atom. The zero-order valence-corrected chi connectivity index (χ0v) is 21.1. The number of aromatic nitrogens is 1. The molecule has 0 aliphatic carbocycles. The van der Waals surface area contributed by atoms with E-state index in [0.29, 0.717) is 11.3 Å². The third-order valence-electron chi connectivity index (χ3n) is 5.86. The maximum atomic E-state index is 13.2. The fraction of sp³-hybridized carbons (Fsp3) is 0.222. The van der Waals surface area contributed by atoms with Crippen molar-refractivity contribution in [3.05, 3.63) is 106 Å². The van der Waals surface area contributed by atoms with Crippen molar-refractivity contribution in [1.82, 2.24) is 9.88 Å². The fourth-order valence-corrected chi connectivity index (χ4v) is 5.35. The summed E-state index contributed by atoms with van der Waals surface area (Å²) in [5, 5.41) is 10.4. The number of carbonyl (C=O) groups is 1. The first-order chi connectivity index (χ1) is 17.9. The van der Waals surface area contributed by atoms with Gasteiger partial charge in [-0.2, -0.15) is 18.4 Å². The van der Waals surface area contributed by atoms with Gasteiger partial charge in [0.2, 0.25) is 0 Å². The predicted octanol–water partition coefficient (Wildman–Crippen LogP) is 4.73. The lowest BCUT2D eigenvalue weighted by atomic mass is 10.1. The molecule has 38 heavy (non-hydrogen) atoms. The SMILES string of the molecule is C=CC(CCC#N)S(=O)(=O)c1ccc(CNC(=O)c2ccc(C)n(-c3cccc(C(F)(F)F)c3)c2=O)cc1. The zero-order valence-electron chi connectivity index (χ0n) is 20.3. The minimum absolute atomic E-state index is 0.0265. The summed E-state index contributed by atoms with van der Waals surface area (Å²) < 4.78 is 66.0. The number of amides is 1. The number of nitrogens with one attached hydrogen (secondary N) is 1. The molecule has 1 unspecified atom stereocenters. The van der Waals surface area contributed by atoms with E-state index in [0.717, 1.165) is 16.7 Å². The van der Waals surface area contributed by atoms with Gasteiger partial charge < -0.3 is 5.32 Å². The minimum Gasteiger partial charge on any atom is -0.348 e. The van der Waals surface area contributed by atoms with Crippen molar-refractivity contribution in [3.63, 3.8) is 0 Å². The van der Waals surface area contributed by atoms with Crippen LogP contribution in [0.1, 0.15) is 40.0 Å². The van der Waals surface area contributed by atoms with E-state index in [1.807, 2.05) is 6.07 Å². The first-order valence-corrected chi connectivity index (χ1v) is 13.0. The molecule has 1 amide bonds. The Morgan fingerprint density at radius 3 is 2.45 bits per heavy atom. The summed E-state index contributed by atoms with van der Waals surface area (Å²) >= 11 is 0. The van der Waals surface area contributed by atoms with Crippen molar-refractivity contribution in [2.75, 3.05) is 0 Å². The molecule has 1 N–H and O–H groups in total. The number of nitriles is 1. The van der Waals surface area contributed by atoms with Crippen LogP contribution in [0.5, 0.6) is 0 Å². The average Bonchev–Trinajstić information content (AvgIpc) is 2.87. The second kappa shape index (κ2) is 11.5. The standard InChI is InChI=1S/C27H24F3N3O4S/c1-3-22(8-5-15-31)38(36,37)23-12-10-19(11-13-23)17-32-25(34)24-14-9-18(2)33(26(24)35)21-7-4-6-20(16-21)27(28,29)30/h3-4,6-7,9-14,16,22H,1,5,8,17H2,2H3,(H,32,34). The number of nitrogens with zero attached hydrogens (tertiary/aromatic N) is 2. The first-order valence-electron chi connectivity index (χ1n) is 11.4. The highest BCUT2D eigenvalue weighted by Gasteiger charge is 2.31. The molecule has 3 aromatic rings. The number of alkyl halides is 3. The van der Waals surface area contributed by atoms with E-state index in [1.165, 1.54) is 61.5 Å². The predicted molar refractivity (Wildman–Crippen MR) is 135 cm³/mol. The molecular weight excluding hydrogens is 519 g/mol. The minimum atomic E-state index is -4.60. The molecular formula is C27H24F3N3O4S. The van der Waals surface area contributed by atoms with Gasteiger partial charge in [0.15, 0.2) is 9.84 Å². The van der Waals surface area contributed by atoms with E-state index in [2.05, 4.69) is 11.9 Å². The van der Waals surface area contributed by atoms with E-state index in [-0.39, 0.29) is 35.5 Å². The van der Waals surface area contributed by atoms with Crippen LogP contribution in [0.25, 0.3) is 5.69 Å². The van der Waals surface area contributed by atoms with Crippen molar-refractivity contribution >= 4 is 15.7 Å². The summed E-state index contributed by atoms with van der Waals surface area (Å²) in [7, 11) is -3.74. The second-order valence-electron chi connectivity index (χ2n) is 8.42. The summed E-state index contributed by atoms with van der Waals surface area (Å²) in [6.45, 7) is 5.05. The first kappa shape index (κ1) is 28.4. The highest BCUT2D eigenvalue weighted by molar-refractivity contribution is 7.92. The van der Waals surface area contributed by atoms with Crippen LogP contribution in [0.4, 0.5) is 13.2 Å². The Labute approximate surface area is 217 Å². The number of hydrogen-bond donors (Lipinski definition) is 1. The molecule has 1 heterocycles. The Bertz CT molecular complexity index is 1550. The van der Waals surface area contributed by atoms with Gasteiger partial charge in [-0.1, -0.05) is 24.3 Å². The second-order valence-corrected chi connectivity index (χ2v) is 10.6. The van der Waals surface area contributed by atoms with Gasteiger partial charge in [0.05, 0.1) is 21.8 Å². The van der Waals surface area contributed by atoms with Gasteiger partial charge in [0.25, 0.3) is 11.5 Å². The van der Waals surface area contributed by atoms with Gasteiger partial charge in [-0.15, -0.1) is 6.58 Å². The van der Waals surface area contributed by atoms with Crippen LogP contribution >= 0.6 is 0 Å². The lowest BCUT2D eigenvalue weighted by Crippen LogP contribution is -2.33. The molecule has 0 fully saturated rings. The molecule has 0 radical (unpaired) electrons. The van der Waals surface area contributed by atoms with Gasteiger partial charge in [-0.3, -0.25) is 14.2 Å². The van der Waals surface area contributed by atoms with Crippen LogP contribution in [0.3, 0.4) is 0 Å². The number of sulfone groups is 1. The van der Waals surface area contributed by atoms with E-state index < -0.39 is 38.3 Å². The number of halogens is 3. The molecule has 0 saturated heterocycles. The Hall–Kier alpha value is -4.17. The molecule has 7 nitrogen and oxygen atoms in total. The molecule has 3 rings (SSSR count). The van der Waals surface area contributed by atoms with Crippen LogP contribution in [-0.4, -0.2) is 24.1 Å². The van der Waals surface area contributed by atoms with Gasteiger partial charge in [-0.05, 0) is 61.4 Å². The van der Waals surface area contributed by atoms with Crippen LogP contribution < -0.4 is 10.9 Å². The number of rotatable bonds is 9. The number of pyridine rings is 1. The molecule has 0 saturated carbocycles. The third kappa shape index (κ3) is 6.20. The highest BCUT2D eigenvalue weighted by Crippen LogP contribution is 2.30. The summed E-state index contributed by atoms with van der Waals surface area (Å²) in [5.41, 5.74) is -1.10. The van der Waals surface area contributed by atoms with Crippen LogP contribution in [0.15, 0.2) is 83.0 Å². The van der Waals surface area contributed by atoms with E-state index in [4.69, 9.17) is 5.26 Å². The molecule has 1 atom stereocenters. The zero-order chi connectivity index (χ0) is 28.1. The fourth-order valence-electron chi connectivity index (χ4n) is 3.80. The lowest BCUT2D eigenvalue weighted by Gasteiger charge is -2.15. The monoisotopic (exact) mass is 543 g/mol. The summed E-state index contributed by atoms with van der Waals surface area (Å²) in [5.74, 6) is -0.740. The summed E-state index contributed by atoms with van der Waals surface area (Å²) in [6.07, 6.45) is -3.13. The van der Waals surface area contributed by atoms with Crippen LogP contribution in [0.2, 0.25) is 0 Å². The van der Waals surface area contributed by atoms with Crippen LogP contribution in [0, 0.1) is 18.3 Å². The third-order valence-corrected chi connectivity index (χ3v) is 8.02. The number of carbonyl (C=O) groups excluding carboxylic acids is 1. The largest absolute Gasteiger partial charge is 0.416 e. The average molecular weight is 544 g/mol. The lowest BCUT2D eigenvalue weighted by molar-refractivity contribution is -0.137. The molecule has 2 aromatic carbocycles. The maximum Gasteiger partial charge on any atom is 0.416 e. The summed E-state index contributed by atoms with van der Waals surface area (Å²) in [4.78, 5) is 25.9. The van der Waals surface area contributed by atoms with Gasteiger partial charge in [-0.25, -0.2) is 8.42 Å².